The van der Waals surface area contributed by atoms with Crippen molar-refractivity contribution >= 4 is 28.1 Å². The lowest BCUT2D eigenvalue weighted by molar-refractivity contribution is 0.357. The van der Waals surface area contributed by atoms with E-state index in [0.29, 0.717) is 17.2 Å². The maximum absolute atomic E-state index is 9.16. The van der Waals surface area contributed by atoms with Crippen LogP contribution in [0.1, 0.15) is 46.6 Å². The van der Waals surface area contributed by atoms with Crippen LogP contribution in [0.15, 0.2) is 47.7 Å². The van der Waals surface area contributed by atoms with Crippen LogP contribution in [-0.4, -0.2) is 39.6 Å². The zero-order chi connectivity index (χ0) is 23.1. The number of anilines is 1. The Morgan fingerprint density at radius 2 is 1.73 bits per heavy atom. The molecule has 0 saturated carbocycles. The predicted molar refractivity (Wildman–Crippen MR) is 129 cm³/mol. The monoisotopic (exact) mass is 412 g/mol. The molecule has 3 rings (SSSR count). The van der Waals surface area contributed by atoms with Gasteiger partial charge in [0.15, 0.2) is 0 Å². The van der Waals surface area contributed by atoms with E-state index >= 15 is 0 Å². The Morgan fingerprint density at radius 1 is 1.10 bits per heavy atom. The number of nitrogen functional groups attached to an aromatic ring is 1. The number of aliphatic hydroxyl groups is 2. The van der Waals surface area contributed by atoms with E-state index in [0.717, 1.165) is 34.7 Å². The molecule has 0 unspecified atom stereocenters. The second kappa shape index (κ2) is 15.1. The molecule has 6 heteroatoms. The summed E-state index contributed by atoms with van der Waals surface area (Å²) in [5.41, 5.74) is 11.1. The van der Waals surface area contributed by atoms with Crippen LogP contribution in [0.3, 0.4) is 0 Å². The lowest BCUT2D eigenvalue weighted by Crippen LogP contribution is -2.00. The van der Waals surface area contributed by atoms with Gasteiger partial charge >= 0.3 is 0 Å². The zero-order valence-corrected chi connectivity index (χ0v) is 19.3. The van der Waals surface area contributed by atoms with Gasteiger partial charge in [0.1, 0.15) is 11.5 Å². The molecule has 2 aromatic heterocycles. The van der Waals surface area contributed by atoms with E-state index in [1.807, 2.05) is 57.3 Å². The molecule has 0 aliphatic heterocycles. The normalized spacial score (nSPS) is 10.1. The SMILES string of the molecule is CC.CC(CO)=Nc1c(N)nc2cc(-c3cccnc3)ccc2c1C.CCC.CO. The highest BCUT2D eigenvalue weighted by Crippen LogP contribution is 2.33. The van der Waals surface area contributed by atoms with Crippen molar-refractivity contribution in [2.24, 2.45) is 4.99 Å². The van der Waals surface area contributed by atoms with Gasteiger partial charge in [-0.2, -0.15) is 0 Å². The van der Waals surface area contributed by atoms with Gasteiger partial charge in [0, 0.05) is 36.2 Å². The number of aromatic nitrogens is 2. The standard InChI is InChI=1S/C18H18N4O.C3H8.C2H6.CH4O/c1-11(10-23)21-17-12(2)15-6-5-13(8-16(15)22-18(17)19)14-4-3-7-20-9-14;1-3-2;2*1-2/h3-9,23H,10H2,1-2H3,(H2,19,22);3H2,1-2H3;1-2H3;2H,1H3. The molecule has 2 heterocycles. The number of benzene rings is 1. The van der Waals surface area contributed by atoms with Crippen LogP contribution in [0.2, 0.25) is 0 Å². The van der Waals surface area contributed by atoms with E-state index in [1.165, 1.54) is 6.42 Å². The van der Waals surface area contributed by atoms with E-state index in [9.17, 15) is 0 Å². The van der Waals surface area contributed by atoms with Crippen molar-refractivity contribution in [3.05, 3.63) is 48.3 Å². The second-order valence-corrected chi connectivity index (χ2v) is 6.16. The van der Waals surface area contributed by atoms with Crippen molar-refractivity contribution in [1.82, 2.24) is 9.97 Å². The van der Waals surface area contributed by atoms with E-state index < -0.39 is 0 Å². The first-order valence-corrected chi connectivity index (χ1v) is 10.2. The van der Waals surface area contributed by atoms with Crippen molar-refractivity contribution in [3.8, 4) is 11.1 Å². The molecule has 0 saturated heterocycles. The Labute approximate surface area is 180 Å². The maximum atomic E-state index is 9.16. The average molecular weight is 413 g/mol. The number of fused-ring (bicyclic) bond motifs is 1. The van der Waals surface area contributed by atoms with E-state index in [-0.39, 0.29) is 6.61 Å². The Hall–Kier alpha value is -2.83. The Kier molecular flexibility index (Phi) is 13.6. The predicted octanol–water partition coefficient (Wildman–Crippen LogP) is 5.32. The molecule has 0 spiro atoms. The number of aryl methyl sites for hydroxylation is 1. The number of pyridine rings is 2. The van der Waals surface area contributed by atoms with E-state index in [1.54, 1.807) is 13.1 Å². The summed E-state index contributed by atoms with van der Waals surface area (Å²) in [6.07, 6.45) is 4.82. The van der Waals surface area contributed by atoms with Gasteiger partial charge in [0.25, 0.3) is 0 Å². The highest BCUT2D eigenvalue weighted by molar-refractivity contribution is 5.95. The summed E-state index contributed by atoms with van der Waals surface area (Å²) in [5.74, 6) is 0.367. The van der Waals surface area contributed by atoms with Crippen LogP contribution in [0.25, 0.3) is 22.0 Å². The molecule has 164 valence electrons. The van der Waals surface area contributed by atoms with Gasteiger partial charge in [-0.25, -0.2) is 4.98 Å². The molecule has 1 aromatic carbocycles. The molecule has 0 bridgehead atoms. The van der Waals surface area contributed by atoms with E-state index in [2.05, 4.69) is 28.8 Å². The van der Waals surface area contributed by atoms with Crippen molar-refractivity contribution in [2.75, 3.05) is 19.5 Å². The molecule has 0 aliphatic rings. The minimum atomic E-state index is -0.100. The molecule has 3 aromatic rings. The number of aliphatic hydroxyl groups excluding tert-OH is 2. The molecule has 30 heavy (non-hydrogen) atoms. The van der Waals surface area contributed by atoms with Crippen LogP contribution in [0, 0.1) is 6.92 Å². The quantitative estimate of drug-likeness (QED) is 0.505. The summed E-state index contributed by atoms with van der Waals surface area (Å²) in [4.78, 5) is 13.0. The number of hydrogen-bond acceptors (Lipinski definition) is 6. The maximum Gasteiger partial charge on any atom is 0.150 e. The van der Waals surface area contributed by atoms with Gasteiger partial charge < -0.3 is 15.9 Å². The molecule has 0 radical (unpaired) electrons. The van der Waals surface area contributed by atoms with Gasteiger partial charge in [-0.05, 0) is 37.1 Å². The summed E-state index contributed by atoms with van der Waals surface area (Å²) >= 11 is 0. The number of nitrogens with zero attached hydrogens (tertiary/aromatic N) is 3. The molecule has 0 amide bonds. The Morgan fingerprint density at radius 3 is 2.27 bits per heavy atom. The Bertz CT molecular complexity index is 910. The fraction of sp³-hybridized carbons (Fsp3) is 0.375. The van der Waals surface area contributed by atoms with Crippen LogP contribution in [0.5, 0.6) is 0 Å². The molecular weight excluding hydrogens is 376 g/mol. The minimum absolute atomic E-state index is 0.100. The number of rotatable bonds is 3. The summed E-state index contributed by atoms with van der Waals surface area (Å²) < 4.78 is 0. The molecule has 0 fully saturated rings. The molecule has 0 atom stereocenters. The number of hydrogen-bond donors (Lipinski definition) is 3. The van der Waals surface area contributed by atoms with Crippen molar-refractivity contribution in [1.29, 1.82) is 0 Å². The number of nitrogens with two attached hydrogens (primary N) is 1. The first-order valence-electron chi connectivity index (χ1n) is 10.2. The zero-order valence-electron chi connectivity index (χ0n) is 19.3. The third-order valence-electron chi connectivity index (χ3n) is 3.77. The highest BCUT2D eigenvalue weighted by atomic mass is 16.3. The topological polar surface area (TPSA) is 105 Å². The van der Waals surface area contributed by atoms with Crippen molar-refractivity contribution in [2.45, 2.75) is 48.0 Å². The van der Waals surface area contributed by atoms with Crippen LogP contribution in [0.4, 0.5) is 11.5 Å². The van der Waals surface area contributed by atoms with Gasteiger partial charge in [0.05, 0.1) is 12.1 Å². The molecule has 6 nitrogen and oxygen atoms in total. The first kappa shape index (κ1) is 27.2. The summed E-state index contributed by atoms with van der Waals surface area (Å²) in [6.45, 7) is 11.9. The number of aliphatic imine (C=N–C) groups is 1. The molecular formula is C24H36N4O2. The van der Waals surface area contributed by atoms with Crippen molar-refractivity contribution in [3.63, 3.8) is 0 Å². The summed E-state index contributed by atoms with van der Waals surface area (Å²) in [7, 11) is 1.00. The van der Waals surface area contributed by atoms with E-state index in [4.69, 9.17) is 15.9 Å². The van der Waals surface area contributed by atoms with Gasteiger partial charge in [-0.1, -0.05) is 52.3 Å². The second-order valence-electron chi connectivity index (χ2n) is 6.16. The molecule has 0 aliphatic carbocycles. The van der Waals surface area contributed by atoms with Gasteiger partial charge in [-0.3, -0.25) is 9.98 Å². The smallest absolute Gasteiger partial charge is 0.150 e. The molecule has 4 N–H and O–H groups in total. The van der Waals surface area contributed by atoms with Gasteiger partial charge in [-0.15, -0.1) is 0 Å². The van der Waals surface area contributed by atoms with Crippen molar-refractivity contribution < 1.29 is 10.2 Å². The average Bonchev–Trinajstić information content (AvgIpc) is 2.80. The Balaban J connectivity index is 0.00000108. The van der Waals surface area contributed by atoms with Crippen LogP contribution < -0.4 is 5.73 Å². The highest BCUT2D eigenvalue weighted by Gasteiger charge is 2.11. The third kappa shape index (κ3) is 7.54. The fourth-order valence-electron chi connectivity index (χ4n) is 2.52. The van der Waals surface area contributed by atoms with Crippen LogP contribution >= 0.6 is 0 Å². The fourth-order valence-corrected chi connectivity index (χ4v) is 2.52. The minimum Gasteiger partial charge on any atom is -0.400 e. The third-order valence-corrected chi connectivity index (χ3v) is 3.77. The van der Waals surface area contributed by atoms with Crippen LogP contribution in [-0.2, 0) is 0 Å². The summed E-state index contributed by atoms with van der Waals surface area (Å²) in [5, 5.41) is 17.2. The lowest BCUT2D eigenvalue weighted by atomic mass is 10.0. The lowest BCUT2D eigenvalue weighted by Gasteiger charge is -2.10. The largest absolute Gasteiger partial charge is 0.400 e. The van der Waals surface area contributed by atoms with Gasteiger partial charge in [0.2, 0.25) is 0 Å². The first-order chi connectivity index (χ1) is 14.5. The summed E-state index contributed by atoms with van der Waals surface area (Å²) in [6, 6.07) is 9.97.